The molecule has 118 valence electrons. The number of hydrogen-bond acceptors (Lipinski definition) is 5. The van der Waals surface area contributed by atoms with E-state index in [0.717, 1.165) is 29.9 Å². The van der Waals surface area contributed by atoms with E-state index in [0.29, 0.717) is 25.5 Å². The van der Waals surface area contributed by atoms with E-state index in [4.69, 9.17) is 4.74 Å². The van der Waals surface area contributed by atoms with Gasteiger partial charge < -0.3 is 9.64 Å². The Morgan fingerprint density at radius 2 is 2.14 bits per heavy atom. The SMILES string of the molecule is CCOC(=O)N1CCN(Cc2nc3ncccn3c2Br)CC1. The third-order valence-corrected chi connectivity index (χ3v) is 4.52. The van der Waals surface area contributed by atoms with E-state index in [1.807, 2.05) is 23.6 Å². The predicted octanol–water partition coefficient (Wildman–Crippen LogP) is 1.77. The second kappa shape index (κ2) is 6.62. The zero-order chi connectivity index (χ0) is 15.5. The van der Waals surface area contributed by atoms with Crippen molar-refractivity contribution in [3.63, 3.8) is 0 Å². The highest BCUT2D eigenvalue weighted by atomic mass is 79.9. The third kappa shape index (κ3) is 3.07. The first-order chi connectivity index (χ1) is 10.7. The van der Waals surface area contributed by atoms with Gasteiger partial charge in [-0.2, -0.15) is 0 Å². The number of rotatable bonds is 3. The van der Waals surface area contributed by atoms with Crippen molar-refractivity contribution in [1.29, 1.82) is 0 Å². The number of amides is 1. The van der Waals surface area contributed by atoms with Crippen LogP contribution in [0.3, 0.4) is 0 Å². The first-order valence-electron chi connectivity index (χ1n) is 7.30. The molecule has 2 aromatic rings. The van der Waals surface area contributed by atoms with Gasteiger partial charge in [-0.15, -0.1) is 0 Å². The largest absolute Gasteiger partial charge is 0.450 e. The molecule has 2 aromatic heterocycles. The van der Waals surface area contributed by atoms with Gasteiger partial charge in [0.15, 0.2) is 0 Å². The van der Waals surface area contributed by atoms with Gasteiger partial charge >= 0.3 is 6.09 Å². The average molecular weight is 368 g/mol. The number of piperazine rings is 1. The molecule has 3 rings (SSSR count). The molecule has 1 amide bonds. The van der Waals surface area contributed by atoms with Crippen molar-refractivity contribution in [2.45, 2.75) is 13.5 Å². The first-order valence-corrected chi connectivity index (χ1v) is 8.10. The number of halogens is 1. The molecule has 0 aromatic carbocycles. The standard InChI is InChI=1S/C14H18BrN5O2/c1-2-22-14(21)19-8-6-18(7-9-19)10-11-12(15)20-5-3-4-16-13(20)17-11/h3-5H,2,6-10H2,1H3. The fourth-order valence-corrected chi connectivity index (χ4v) is 3.01. The van der Waals surface area contributed by atoms with Crippen LogP contribution in [0, 0.1) is 0 Å². The van der Waals surface area contributed by atoms with Gasteiger partial charge in [-0.1, -0.05) is 0 Å². The van der Waals surface area contributed by atoms with Gasteiger partial charge in [0, 0.05) is 45.1 Å². The van der Waals surface area contributed by atoms with Crippen LogP contribution in [0.15, 0.2) is 23.1 Å². The summed E-state index contributed by atoms with van der Waals surface area (Å²) in [7, 11) is 0. The lowest BCUT2D eigenvalue weighted by molar-refractivity contribution is 0.0775. The summed E-state index contributed by atoms with van der Waals surface area (Å²) in [6, 6.07) is 1.88. The molecule has 0 radical (unpaired) electrons. The molecule has 0 N–H and O–H groups in total. The van der Waals surface area contributed by atoms with Crippen LogP contribution < -0.4 is 0 Å². The van der Waals surface area contributed by atoms with Crippen LogP contribution in [0.4, 0.5) is 4.79 Å². The zero-order valence-electron chi connectivity index (χ0n) is 12.4. The maximum Gasteiger partial charge on any atom is 0.409 e. The van der Waals surface area contributed by atoms with Crippen molar-refractivity contribution in [1.82, 2.24) is 24.2 Å². The Balaban J connectivity index is 1.62. The van der Waals surface area contributed by atoms with Crippen LogP contribution in [0.1, 0.15) is 12.6 Å². The highest BCUT2D eigenvalue weighted by Crippen LogP contribution is 2.20. The Labute approximate surface area is 137 Å². The van der Waals surface area contributed by atoms with Gasteiger partial charge in [0.25, 0.3) is 0 Å². The summed E-state index contributed by atoms with van der Waals surface area (Å²) in [5, 5.41) is 0. The summed E-state index contributed by atoms with van der Waals surface area (Å²) in [4.78, 5) is 24.5. The van der Waals surface area contributed by atoms with Crippen molar-refractivity contribution < 1.29 is 9.53 Å². The summed E-state index contributed by atoms with van der Waals surface area (Å²) in [6.07, 6.45) is 3.44. The Morgan fingerprint density at radius 3 is 2.82 bits per heavy atom. The molecule has 22 heavy (non-hydrogen) atoms. The monoisotopic (exact) mass is 367 g/mol. The fraction of sp³-hybridized carbons (Fsp3) is 0.500. The Hall–Kier alpha value is -1.67. The highest BCUT2D eigenvalue weighted by Gasteiger charge is 2.23. The van der Waals surface area contributed by atoms with E-state index in [2.05, 4.69) is 30.8 Å². The van der Waals surface area contributed by atoms with Crippen molar-refractivity contribution in [3.8, 4) is 0 Å². The molecule has 8 heteroatoms. The van der Waals surface area contributed by atoms with Gasteiger partial charge in [-0.3, -0.25) is 9.30 Å². The van der Waals surface area contributed by atoms with Crippen molar-refractivity contribution in [2.24, 2.45) is 0 Å². The van der Waals surface area contributed by atoms with Gasteiger partial charge in [0.2, 0.25) is 5.78 Å². The lowest BCUT2D eigenvalue weighted by atomic mass is 10.3. The van der Waals surface area contributed by atoms with E-state index in [1.54, 1.807) is 11.1 Å². The molecular weight excluding hydrogens is 350 g/mol. The maximum absolute atomic E-state index is 11.7. The molecule has 0 saturated carbocycles. The highest BCUT2D eigenvalue weighted by molar-refractivity contribution is 9.10. The molecule has 1 fully saturated rings. The van der Waals surface area contributed by atoms with Crippen LogP contribution >= 0.6 is 15.9 Å². The van der Waals surface area contributed by atoms with Gasteiger partial charge in [0.05, 0.1) is 12.3 Å². The number of imidazole rings is 1. The lowest BCUT2D eigenvalue weighted by Crippen LogP contribution is -2.48. The molecule has 7 nitrogen and oxygen atoms in total. The zero-order valence-corrected chi connectivity index (χ0v) is 14.0. The van der Waals surface area contributed by atoms with Crippen LogP contribution in [-0.2, 0) is 11.3 Å². The van der Waals surface area contributed by atoms with E-state index in [9.17, 15) is 4.79 Å². The van der Waals surface area contributed by atoms with Gasteiger partial charge in [0.1, 0.15) is 4.60 Å². The second-order valence-electron chi connectivity index (χ2n) is 5.10. The summed E-state index contributed by atoms with van der Waals surface area (Å²) in [5.41, 5.74) is 0.961. The number of hydrogen-bond donors (Lipinski definition) is 0. The summed E-state index contributed by atoms with van der Waals surface area (Å²) in [5.74, 6) is 0.689. The molecule has 0 aliphatic carbocycles. The Bertz CT molecular complexity index is 666. The second-order valence-corrected chi connectivity index (χ2v) is 5.85. The van der Waals surface area contributed by atoms with Crippen LogP contribution in [-0.4, -0.2) is 63.0 Å². The summed E-state index contributed by atoms with van der Waals surface area (Å²) in [6.45, 7) is 5.97. The lowest BCUT2D eigenvalue weighted by Gasteiger charge is -2.33. The van der Waals surface area contributed by atoms with E-state index in [-0.39, 0.29) is 6.09 Å². The molecule has 1 saturated heterocycles. The summed E-state index contributed by atoms with van der Waals surface area (Å²) >= 11 is 3.58. The maximum atomic E-state index is 11.7. The number of ether oxygens (including phenoxy) is 1. The fourth-order valence-electron chi connectivity index (χ4n) is 2.52. The molecule has 0 unspecified atom stereocenters. The smallest absolute Gasteiger partial charge is 0.409 e. The van der Waals surface area contributed by atoms with Gasteiger partial charge in [-0.05, 0) is 28.9 Å². The summed E-state index contributed by atoms with van der Waals surface area (Å²) < 4.78 is 7.89. The number of fused-ring (bicyclic) bond motifs is 1. The van der Waals surface area contributed by atoms with Crippen molar-refractivity contribution >= 4 is 27.8 Å². The Kier molecular flexibility index (Phi) is 4.58. The molecule has 0 atom stereocenters. The molecule has 0 spiro atoms. The number of aromatic nitrogens is 3. The van der Waals surface area contributed by atoms with Crippen LogP contribution in [0.25, 0.3) is 5.78 Å². The first kappa shape index (κ1) is 15.2. The molecular formula is C14H18BrN5O2. The van der Waals surface area contributed by atoms with Crippen LogP contribution in [0.2, 0.25) is 0 Å². The molecule has 0 bridgehead atoms. The quantitative estimate of drug-likeness (QED) is 0.826. The average Bonchev–Trinajstić information content (AvgIpc) is 2.85. The third-order valence-electron chi connectivity index (χ3n) is 3.68. The van der Waals surface area contributed by atoms with Crippen molar-refractivity contribution in [2.75, 3.05) is 32.8 Å². The van der Waals surface area contributed by atoms with E-state index < -0.39 is 0 Å². The topological polar surface area (TPSA) is 63.0 Å². The minimum atomic E-state index is -0.222. The number of carbonyl (C=O) groups excluding carboxylic acids is 1. The number of nitrogens with zero attached hydrogens (tertiary/aromatic N) is 5. The van der Waals surface area contributed by atoms with E-state index in [1.165, 1.54) is 0 Å². The molecule has 3 heterocycles. The Morgan fingerprint density at radius 1 is 1.36 bits per heavy atom. The normalized spacial score (nSPS) is 16.2. The van der Waals surface area contributed by atoms with Crippen LogP contribution in [0.5, 0.6) is 0 Å². The predicted molar refractivity (Wildman–Crippen MR) is 84.6 cm³/mol. The van der Waals surface area contributed by atoms with E-state index >= 15 is 0 Å². The molecule has 1 aliphatic heterocycles. The minimum absolute atomic E-state index is 0.222. The minimum Gasteiger partial charge on any atom is -0.450 e. The molecule has 1 aliphatic rings. The van der Waals surface area contributed by atoms with Gasteiger partial charge in [-0.25, -0.2) is 14.8 Å². The number of carbonyl (C=O) groups is 1. The van der Waals surface area contributed by atoms with Crippen molar-refractivity contribution in [3.05, 3.63) is 28.8 Å².